The van der Waals surface area contributed by atoms with Crippen molar-refractivity contribution in [3.8, 4) is 5.75 Å². The zero-order valence-corrected chi connectivity index (χ0v) is 11.9. The summed E-state index contributed by atoms with van der Waals surface area (Å²) in [6.45, 7) is 2.10. The Morgan fingerprint density at radius 3 is 2.81 bits per heavy atom. The molecule has 1 aromatic carbocycles. The Morgan fingerprint density at radius 2 is 2.19 bits per heavy atom. The summed E-state index contributed by atoms with van der Waals surface area (Å²) in [5.74, 6) is 0.436. The summed E-state index contributed by atoms with van der Waals surface area (Å²) < 4.78 is 5.84. The third kappa shape index (κ3) is 3.42. The first-order valence-corrected chi connectivity index (χ1v) is 6.96. The van der Waals surface area contributed by atoms with Gasteiger partial charge < -0.3 is 15.7 Å². The first kappa shape index (κ1) is 15.1. The van der Waals surface area contributed by atoms with E-state index >= 15 is 0 Å². The van der Waals surface area contributed by atoms with E-state index in [4.69, 9.17) is 15.7 Å². The molecule has 114 valence electrons. The number of rotatable bonds is 4. The maximum atomic E-state index is 11.2. The Labute approximate surface area is 122 Å². The fourth-order valence-corrected chi connectivity index (χ4v) is 2.60. The van der Waals surface area contributed by atoms with Crippen molar-refractivity contribution in [3.05, 3.63) is 33.9 Å². The van der Waals surface area contributed by atoms with Gasteiger partial charge in [-0.2, -0.15) is 0 Å². The van der Waals surface area contributed by atoms with Gasteiger partial charge in [0.25, 0.3) is 0 Å². The molecule has 3 N–H and O–H groups in total. The van der Waals surface area contributed by atoms with Crippen molar-refractivity contribution in [3.63, 3.8) is 0 Å². The van der Waals surface area contributed by atoms with Crippen LogP contribution >= 0.6 is 0 Å². The molecule has 7 nitrogen and oxygen atoms in total. The van der Waals surface area contributed by atoms with E-state index in [2.05, 4.69) is 12.1 Å². The van der Waals surface area contributed by atoms with E-state index in [-0.39, 0.29) is 28.9 Å². The number of benzene rings is 1. The molecule has 0 radical (unpaired) electrons. The van der Waals surface area contributed by atoms with Crippen LogP contribution in [0.25, 0.3) is 0 Å². The number of hydrogen-bond acceptors (Lipinski definition) is 5. The standard InChI is InChI=1S/C14H19N3O4/c1-9-4-2-3-5-12(9)21-13-7-6-10(14(15)16-18)8-11(13)17(19)20/h6-9,12,18H,2-5H2,1H3,(H2,15,16). The van der Waals surface area contributed by atoms with Crippen molar-refractivity contribution >= 4 is 11.5 Å². The number of nitrogens with zero attached hydrogens (tertiary/aromatic N) is 2. The van der Waals surface area contributed by atoms with Crippen LogP contribution in [0.15, 0.2) is 23.4 Å². The molecule has 0 saturated heterocycles. The highest BCUT2D eigenvalue weighted by Crippen LogP contribution is 2.33. The molecule has 0 aromatic heterocycles. The molecule has 0 aliphatic heterocycles. The Hall–Kier alpha value is -2.31. The number of nitro groups is 1. The van der Waals surface area contributed by atoms with Gasteiger partial charge in [0.2, 0.25) is 0 Å². The number of nitro benzene ring substituents is 1. The smallest absolute Gasteiger partial charge is 0.311 e. The lowest BCUT2D eigenvalue weighted by Crippen LogP contribution is -2.28. The molecule has 2 unspecified atom stereocenters. The maximum Gasteiger partial charge on any atom is 0.311 e. The molecular weight excluding hydrogens is 274 g/mol. The second-order valence-corrected chi connectivity index (χ2v) is 5.34. The molecule has 0 bridgehead atoms. The van der Waals surface area contributed by atoms with Crippen LogP contribution in [0.4, 0.5) is 5.69 Å². The second kappa shape index (κ2) is 6.43. The van der Waals surface area contributed by atoms with Gasteiger partial charge in [0, 0.05) is 11.6 Å². The van der Waals surface area contributed by atoms with Crippen LogP contribution in [0, 0.1) is 16.0 Å². The summed E-state index contributed by atoms with van der Waals surface area (Å²) in [7, 11) is 0. The lowest BCUT2D eigenvalue weighted by Gasteiger charge is -2.29. The van der Waals surface area contributed by atoms with E-state index in [1.54, 1.807) is 6.07 Å². The Kier molecular flexibility index (Phi) is 4.62. The van der Waals surface area contributed by atoms with Gasteiger partial charge in [-0.1, -0.05) is 18.5 Å². The minimum atomic E-state index is -0.517. The lowest BCUT2D eigenvalue weighted by atomic mass is 9.88. The van der Waals surface area contributed by atoms with Gasteiger partial charge in [-0.15, -0.1) is 0 Å². The van der Waals surface area contributed by atoms with E-state index < -0.39 is 4.92 Å². The van der Waals surface area contributed by atoms with Gasteiger partial charge >= 0.3 is 5.69 Å². The van der Waals surface area contributed by atoms with Gasteiger partial charge in [0.15, 0.2) is 11.6 Å². The largest absolute Gasteiger partial charge is 0.483 e. The van der Waals surface area contributed by atoms with Crippen LogP contribution in [-0.4, -0.2) is 22.1 Å². The quantitative estimate of drug-likeness (QED) is 0.291. The number of oxime groups is 1. The maximum absolute atomic E-state index is 11.2. The Balaban J connectivity index is 2.28. The van der Waals surface area contributed by atoms with Crippen molar-refractivity contribution in [1.29, 1.82) is 0 Å². The van der Waals surface area contributed by atoms with E-state index in [1.165, 1.54) is 18.6 Å². The minimum Gasteiger partial charge on any atom is -0.483 e. The van der Waals surface area contributed by atoms with Crippen molar-refractivity contribution in [2.24, 2.45) is 16.8 Å². The molecule has 0 heterocycles. The Bertz CT molecular complexity index is 559. The molecule has 1 saturated carbocycles. The topological polar surface area (TPSA) is 111 Å². The van der Waals surface area contributed by atoms with Gasteiger partial charge in [0.1, 0.15) is 6.10 Å². The average Bonchev–Trinajstić information content (AvgIpc) is 2.49. The fraction of sp³-hybridized carbons (Fsp3) is 0.500. The zero-order chi connectivity index (χ0) is 15.4. The fourth-order valence-electron chi connectivity index (χ4n) is 2.60. The molecule has 1 aliphatic carbocycles. The highest BCUT2D eigenvalue weighted by molar-refractivity contribution is 5.97. The minimum absolute atomic E-state index is 0.00726. The van der Waals surface area contributed by atoms with Crippen molar-refractivity contribution in [2.45, 2.75) is 38.7 Å². The van der Waals surface area contributed by atoms with E-state index in [1.807, 2.05) is 0 Å². The molecule has 0 amide bonds. The van der Waals surface area contributed by atoms with Crippen LogP contribution < -0.4 is 10.5 Å². The second-order valence-electron chi connectivity index (χ2n) is 5.34. The Morgan fingerprint density at radius 1 is 1.48 bits per heavy atom. The molecule has 7 heteroatoms. The first-order valence-electron chi connectivity index (χ1n) is 6.96. The molecule has 0 spiro atoms. The summed E-state index contributed by atoms with van der Waals surface area (Å²) in [6, 6.07) is 4.32. The van der Waals surface area contributed by atoms with Crippen LogP contribution in [0.5, 0.6) is 5.75 Å². The van der Waals surface area contributed by atoms with E-state index in [0.29, 0.717) is 5.92 Å². The van der Waals surface area contributed by atoms with Crippen LogP contribution in [0.1, 0.15) is 38.2 Å². The van der Waals surface area contributed by atoms with Crippen LogP contribution in [0.2, 0.25) is 0 Å². The SMILES string of the molecule is CC1CCCCC1Oc1ccc(C(N)=NO)cc1[N+](=O)[O-]. The van der Waals surface area contributed by atoms with E-state index in [9.17, 15) is 10.1 Å². The average molecular weight is 293 g/mol. The molecule has 2 atom stereocenters. The molecular formula is C14H19N3O4. The summed E-state index contributed by atoms with van der Waals surface area (Å²) in [5, 5.41) is 22.7. The van der Waals surface area contributed by atoms with Crippen molar-refractivity contribution in [2.75, 3.05) is 0 Å². The zero-order valence-electron chi connectivity index (χ0n) is 11.9. The van der Waals surface area contributed by atoms with Crippen LogP contribution in [-0.2, 0) is 0 Å². The monoisotopic (exact) mass is 293 g/mol. The number of hydrogen-bond donors (Lipinski definition) is 2. The summed E-state index contributed by atoms with van der Waals surface area (Å²) in [5.41, 5.74) is 5.57. The van der Waals surface area contributed by atoms with Gasteiger partial charge in [-0.25, -0.2) is 0 Å². The third-order valence-electron chi connectivity index (χ3n) is 3.87. The van der Waals surface area contributed by atoms with Crippen LogP contribution in [0.3, 0.4) is 0 Å². The third-order valence-corrected chi connectivity index (χ3v) is 3.87. The number of nitrogens with two attached hydrogens (primary N) is 1. The molecule has 1 aromatic rings. The van der Waals surface area contributed by atoms with Gasteiger partial charge in [-0.05, 0) is 37.3 Å². The first-order chi connectivity index (χ1) is 10.0. The molecule has 21 heavy (non-hydrogen) atoms. The van der Waals surface area contributed by atoms with Gasteiger partial charge in [-0.3, -0.25) is 10.1 Å². The highest BCUT2D eigenvalue weighted by Gasteiger charge is 2.26. The molecule has 2 rings (SSSR count). The normalized spacial score (nSPS) is 22.8. The summed E-state index contributed by atoms with van der Waals surface area (Å²) >= 11 is 0. The van der Waals surface area contributed by atoms with Crippen molar-refractivity contribution in [1.82, 2.24) is 0 Å². The number of amidine groups is 1. The van der Waals surface area contributed by atoms with Gasteiger partial charge in [0.05, 0.1) is 4.92 Å². The lowest BCUT2D eigenvalue weighted by molar-refractivity contribution is -0.386. The highest BCUT2D eigenvalue weighted by atomic mass is 16.6. The summed E-state index contributed by atoms with van der Waals surface area (Å²) in [4.78, 5) is 10.7. The van der Waals surface area contributed by atoms with Crippen molar-refractivity contribution < 1.29 is 14.9 Å². The molecule has 1 aliphatic rings. The van der Waals surface area contributed by atoms with E-state index in [0.717, 1.165) is 19.3 Å². The number of ether oxygens (including phenoxy) is 1. The predicted octanol–water partition coefficient (Wildman–Crippen LogP) is 2.65. The predicted molar refractivity (Wildman–Crippen MR) is 77.7 cm³/mol. The summed E-state index contributed by atoms with van der Waals surface area (Å²) in [6.07, 6.45) is 4.21. The molecule has 1 fully saturated rings.